The van der Waals surface area contributed by atoms with Crippen LogP contribution in [0.3, 0.4) is 0 Å². The summed E-state index contributed by atoms with van der Waals surface area (Å²) in [7, 11) is 0. The van der Waals surface area contributed by atoms with Gasteiger partial charge in [-0.25, -0.2) is 0 Å². The summed E-state index contributed by atoms with van der Waals surface area (Å²) in [6.45, 7) is 1.81. The maximum atomic E-state index is 13.5. The molecule has 3 rings (SSSR count). The van der Waals surface area contributed by atoms with Crippen LogP contribution in [0.1, 0.15) is 361 Å². The molecule has 0 aromatic rings. The number of rotatable bonds is 67. The summed E-state index contributed by atoms with van der Waals surface area (Å²) in [5.41, 5.74) is 0. The van der Waals surface area contributed by atoms with Crippen LogP contribution in [-0.2, 0) is 33.2 Å². The highest BCUT2D eigenvalue weighted by Gasteiger charge is 2.54. The van der Waals surface area contributed by atoms with Gasteiger partial charge in [0.1, 0.15) is 73.2 Å². The van der Waals surface area contributed by atoms with Gasteiger partial charge in [-0.3, -0.25) is 4.79 Å². The van der Waals surface area contributed by atoms with Gasteiger partial charge in [0, 0.05) is 6.42 Å². The molecule has 19 heteroatoms. The minimum Gasteiger partial charge on any atom is -0.394 e. The topological polar surface area (TPSA) is 307 Å². The SMILES string of the molecule is CCCCCCCCCCCCCCCCCCCCCCCCCCCCCCC/C=C/C(O)C(COC1OC(CO)C(OC2OC(CO)C(OC3OC(CO)C(O)C(O)C3O)C(O)C2O)C(O)C1O)NC(=O)CCCCCCCCCCCCCCCCCCCCCCCCC. The smallest absolute Gasteiger partial charge is 0.220 e. The molecule has 0 spiro atoms. The standard InChI is InChI=1S/C80H153NO18/c1-3-5-7-9-11-13-15-17-19-21-23-25-27-28-29-30-31-32-33-34-36-37-39-41-43-45-47-49-51-53-55-57-64(85)63(81-68(86)58-56-54-52-50-48-46-44-42-40-38-35-26-24-22-20-18-16-14-12-10-8-6-4-2)62-94-78-74(92)71(89)76(66(60-83)96-78)99-80-75(93)72(90)77(67(61-84)97-80)98-79-73(91)70(88)69(87)65(59-82)95-79/h55,57,63-67,69-80,82-85,87-93H,3-54,56,58-62H2,1-2H3,(H,81,86)/b57-55+. The van der Waals surface area contributed by atoms with Crippen LogP contribution >= 0.6 is 0 Å². The molecule has 1 amide bonds. The summed E-state index contributed by atoms with van der Waals surface area (Å²) in [4.78, 5) is 13.5. The average molecular weight is 1420 g/mol. The van der Waals surface area contributed by atoms with Crippen molar-refractivity contribution in [2.24, 2.45) is 0 Å². The minimum atomic E-state index is -1.98. The molecule has 0 aromatic heterocycles. The van der Waals surface area contributed by atoms with Crippen LogP contribution in [0.25, 0.3) is 0 Å². The molecule has 12 N–H and O–H groups in total. The van der Waals surface area contributed by atoms with Crippen molar-refractivity contribution in [3.8, 4) is 0 Å². The van der Waals surface area contributed by atoms with E-state index in [9.17, 15) is 61.0 Å². The maximum absolute atomic E-state index is 13.5. The lowest BCUT2D eigenvalue weighted by Crippen LogP contribution is -2.66. The van der Waals surface area contributed by atoms with E-state index < -0.39 is 124 Å². The Hall–Kier alpha value is -1.47. The fourth-order valence-electron chi connectivity index (χ4n) is 14.4. The summed E-state index contributed by atoms with van der Waals surface area (Å²) in [6, 6.07) is -0.970. The molecule has 0 saturated carbocycles. The normalized spacial score (nSPS) is 26.6. The van der Waals surface area contributed by atoms with Gasteiger partial charge in [0.05, 0.1) is 38.6 Å². The first kappa shape index (κ1) is 91.7. The van der Waals surface area contributed by atoms with Crippen molar-refractivity contribution in [2.75, 3.05) is 26.4 Å². The molecule has 3 saturated heterocycles. The quantitative estimate of drug-likeness (QED) is 0.0199. The van der Waals surface area contributed by atoms with Crippen LogP contribution in [0, 0.1) is 0 Å². The molecule has 0 radical (unpaired) electrons. The number of unbranched alkanes of at least 4 members (excludes halogenated alkanes) is 51. The highest BCUT2D eigenvalue weighted by atomic mass is 16.8. The number of amides is 1. The number of hydrogen-bond donors (Lipinski definition) is 12. The number of hydrogen-bond acceptors (Lipinski definition) is 18. The first-order valence-corrected chi connectivity index (χ1v) is 41.4. The van der Waals surface area contributed by atoms with Crippen molar-refractivity contribution in [1.29, 1.82) is 0 Å². The fourth-order valence-corrected chi connectivity index (χ4v) is 14.4. The van der Waals surface area contributed by atoms with Crippen molar-refractivity contribution in [3.63, 3.8) is 0 Å². The van der Waals surface area contributed by atoms with Crippen LogP contribution < -0.4 is 5.32 Å². The predicted molar refractivity (Wildman–Crippen MR) is 393 cm³/mol. The Morgan fingerprint density at radius 2 is 0.626 bits per heavy atom. The molecule has 17 atom stereocenters. The van der Waals surface area contributed by atoms with Crippen LogP contribution in [-0.4, -0.2) is 193 Å². The van der Waals surface area contributed by atoms with E-state index in [1.54, 1.807) is 6.08 Å². The largest absolute Gasteiger partial charge is 0.394 e. The van der Waals surface area contributed by atoms with Crippen molar-refractivity contribution in [1.82, 2.24) is 5.32 Å². The van der Waals surface area contributed by atoms with E-state index in [0.29, 0.717) is 6.42 Å². The lowest BCUT2D eigenvalue weighted by Gasteiger charge is -2.48. The Bertz CT molecular complexity index is 1840. The van der Waals surface area contributed by atoms with E-state index in [1.165, 1.54) is 289 Å². The first-order chi connectivity index (χ1) is 48.3. The van der Waals surface area contributed by atoms with Gasteiger partial charge >= 0.3 is 0 Å². The number of carbonyl (C=O) groups excluding carboxylic acids is 1. The van der Waals surface area contributed by atoms with Gasteiger partial charge in [-0.15, -0.1) is 0 Å². The second-order valence-corrected chi connectivity index (χ2v) is 30.0. The molecule has 17 unspecified atom stereocenters. The van der Waals surface area contributed by atoms with Crippen molar-refractivity contribution in [3.05, 3.63) is 12.2 Å². The van der Waals surface area contributed by atoms with Gasteiger partial charge in [0.25, 0.3) is 0 Å². The number of nitrogens with one attached hydrogen (secondary N) is 1. The average Bonchev–Trinajstić information content (AvgIpc) is 0.784. The second kappa shape index (κ2) is 61.7. The molecule has 19 nitrogen and oxygen atoms in total. The Labute approximate surface area is 601 Å². The summed E-state index contributed by atoms with van der Waals surface area (Å²) < 4.78 is 34.5. The lowest BCUT2D eigenvalue weighted by molar-refractivity contribution is -0.379. The second-order valence-electron chi connectivity index (χ2n) is 30.0. The molecule has 3 aliphatic heterocycles. The molecule has 3 fully saturated rings. The Morgan fingerprint density at radius 1 is 0.354 bits per heavy atom. The number of carbonyl (C=O) groups is 1. The maximum Gasteiger partial charge on any atom is 0.220 e. The van der Waals surface area contributed by atoms with Crippen molar-refractivity contribution < 1.29 is 89.4 Å². The minimum absolute atomic E-state index is 0.250. The molecule has 3 heterocycles. The molecule has 586 valence electrons. The highest BCUT2D eigenvalue weighted by molar-refractivity contribution is 5.76. The van der Waals surface area contributed by atoms with Crippen LogP contribution in [0.5, 0.6) is 0 Å². The first-order valence-electron chi connectivity index (χ1n) is 41.4. The van der Waals surface area contributed by atoms with Gasteiger partial charge in [-0.2, -0.15) is 0 Å². The van der Waals surface area contributed by atoms with Crippen LogP contribution in [0.2, 0.25) is 0 Å². The van der Waals surface area contributed by atoms with Crippen molar-refractivity contribution in [2.45, 2.75) is 465 Å². The third kappa shape index (κ3) is 41.9. The molecular weight excluding hydrogens is 1260 g/mol. The lowest BCUT2D eigenvalue weighted by atomic mass is 9.96. The van der Waals surface area contributed by atoms with E-state index in [1.807, 2.05) is 6.08 Å². The third-order valence-electron chi connectivity index (χ3n) is 21.1. The molecule has 0 bridgehead atoms. The fraction of sp³-hybridized carbons (Fsp3) is 0.963. The van der Waals surface area contributed by atoms with Gasteiger partial charge in [0.15, 0.2) is 18.9 Å². The van der Waals surface area contributed by atoms with Crippen LogP contribution in [0.15, 0.2) is 12.2 Å². The number of allylic oxidation sites excluding steroid dienone is 1. The molecule has 0 aromatic carbocycles. The molecule has 3 aliphatic rings. The summed E-state index contributed by atoms with van der Waals surface area (Å²) in [5.74, 6) is -0.266. The predicted octanol–water partition coefficient (Wildman–Crippen LogP) is 14.0. The van der Waals surface area contributed by atoms with Crippen LogP contribution in [0.4, 0.5) is 0 Å². The number of aliphatic hydroxyl groups excluding tert-OH is 11. The number of aliphatic hydroxyl groups is 11. The summed E-state index contributed by atoms with van der Waals surface area (Å²) >= 11 is 0. The van der Waals surface area contributed by atoms with E-state index in [-0.39, 0.29) is 18.9 Å². The van der Waals surface area contributed by atoms with E-state index in [0.717, 1.165) is 44.9 Å². The highest BCUT2D eigenvalue weighted by Crippen LogP contribution is 2.33. The van der Waals surface area contributed by atoms with Gasteiger partial charge in [0.2, 0.25) is 5.91 Å². The zero-order chi connectivity index (χ0) is 71.8. The zero-order valence-electron chi connectivity index (χ0n) is 62.8. The van der Waals surface area contributed by atoms with Crippen molar-refractivity contribution >= 4 is 5.91 Å². The summed E-state index contributed by atoms with van der Waals surface area (Å²) in [5, 5.41) is 121. The van der Waals surface area contributed by atoms with Gasteiger partial charge in [-0.05, 0) is 19.3 Å². The number of ether oxygens (including phenoxy) is 6. The van der Waals surface area contributed by atoms with E-state index >= 15 is 0 Å². The molecule has 0 aliphatic carbocycles. The van der Waals surface area contributed by atoms with E-state index in [4.69, 9.17) is 28.4 Å². The zero-order valence-corrected chi connectivity index (χ0v) is 62.8. The molecular formula is C80H153NO18. The van der Waals surface area contributed by atoms with Gasteiger partial charge < -0.3 is 89.9 Å². The van der Waals surface area contributed by atoms with E-state index in [2.05, 4.69) is 19.2 Å². The van der Waals surface area contributed by atoms with Gasteiger partial charge in [-0.1, -0.05) is 347 Å². The monoisotopic (exact) mass is 1420 g/mol. The Morgan fingerprint density at radius 3 is 0.949 bits per heavy atom. The third-order valence-corrected chi connectivity index (χ3v) is 21.1. The Balaban J connectivity index is 1.36. The molecule has 99 heavy (non-hydrogen) atoms. The summed E-state index contributed by atoms with van der Waals surface area (Å²) in [6.07, 6.45) is 46.3. The Kier molecular flexibility index (Phi) is 57.1.